The summed E-state index contributed by atoms with van der Waals surface area (Å²) < 4.78 is 17.3. The molecular weight excluding hydrogens is 444 g/mol. The molecule has 1 atom stereocenters. The molecular formula is C25H25ClN2O3S. The molecule has 166 valence electrons. The van der Waals surface area contributed by atoms with Gasteiger partial charge in [-0.2, -0.15) is 0 Å². The molecule has 32 heavy (non-hydrogen) atoms. The average Bonchev–Trinajstić information content (AvgIpc) is 2.81. The van der Waals surface area contributed by atoms with Crippen LogP contribution in [0.15, 0.2) is 71.6 Å². The maximum Gasteiger partial charge on any atom is 0.251 e. The molecule has 1 aliphatic heterocycles. The van der Waals surface area contributed by atoms with Crippen molar-refractivity contribution >= 4 is 34.0 Å². The first-order chi connectivity index (χ1) is 15.5. The first-order valence-corrected chi connectivity index (χ1v) is 12.4. The van der Waals surface area contributed by atoms with Crippen LogP contribution in [-0.4, -0.2) is 36.1 Å². The second kappa shape index (κ2) is 10.2. The quantitative estimate of drug-likeness (QED) is 0.556. The highest BCUT2D eigenvalue weighted by molar-refractivity contribution is 7.84. The standard InChI is InChI=1S/C25H25ClN2O3S/c1-32(30)22-8-5-19(6-9-22)17-27-25(29)20-7-10-23-24(16-20)31-14-13-28(23)12-11-18-3-2-4-21(26)15-18/h2-10,15-16H,11-14,17H2,1H3,(H,27,29). The van der Waals surface area contributed by atoms with Gasteiger partial charge in [0.2, 0.25) is 0 Å². The zero-order valence-electron chi connectivity index (χ0n) is 17.8. The van der Waals surface area contributed by atoms with Gasteiger partial charge in [0.1, 0.15) is 12.4 Å². The number of anilines is 1. The largest absolute Gasteiger partial charge is 0.490 e. The third kappa shape index (κ3) is 5.50. The number of ether oxygens (including phenoxy) is 1. The number of carbonyl (C=O) groups excluding carboxylic acids is 1. The van der Waals surface area contributed by atoms with Crippen LogP contribution in [-0.2, 0) is 23.8 Å². The van der Waals surface area contributed by atoms with Crippen LogP contribution in [0.3, 0.4) is 0 Å². The van der Waals surface area contributed by atoms with Crippen molar-refractivity contribution in [3.05, 3.63) is 88.4 Å². The van der Waals surface area contributed by atoms with Gasteiger partial charge in [-0.25, -0.2) is 0 Å². The van der Waals surface area contributed by atoms with Crippen molar-refractivity contribution in [2.24, 2.45) is 0 Å². The molecule has 0 aromatic heterocycles. The van der Waals surface area contributed by atoms with E-state index in [1.807, 2.05) is 54.6 Å². The highest BCUT2D eigenvalue weighted by atomic mass is 35.5. The van der Waals surface area contributed by atoms with E-state index in [-0.39, 0.29) is 5.91 Å². The third-order valence-corrected chi connectivity index (χ3v) is 6.62. The van der Waals surface area contributed by atoms with Gasteiger partial charge in [-0.15, -0.1) is 0 Å². The molecule has 5 nitrogen and oxygen atoms in total. The summed E-state index contributed by atoms with van der Waals surface area (Å²) in [5, 5.41) is 3.68. The Kier molecular flexibility index (Phi) is 7.12. The van der Waals surface area contributed by atoms with E-state index in [1.165, 1.54) is 5.56 Å². The van der Waals surface area contributed by atoms with E-state index in [4.69, 9.17) is 16.3 Å². The normalized spacial score (nSPS) is 13.8. The zero-order valence-corrected chi connectivity index (χ0v) is 19.4. The Morgan fingerprint density at radius 2 is 1.91 bits per heavy atom. The van der Waals surface area contributed by atoms with Crippen LogP contribution in [0.5, 0.6) is 5.75 Å². The van der Waals surface area contributed by atoms with Crippen LogP contribution in [0, 0.1) is 0 Å². The van der Waals surface area contributed by atoms with Crippen molar-refractivity contribution in [2.45, 2.75) is 17.9 Å². The second-order valence-corrected chi connectivity index (χ2v) is 9.49. The molecule has 1 amide bonds. The van der Waals surface area contributed by atoms with Crippen molar-refractivity contribution in [3.8, 4) is 5.75 Å². The van der Waals surface area contributed by atoms with Gasteiger partial charge >= 0.3 is 0 Å². The lowest BCUT2D eigenvalue weighted by Gasteiger charge is -2.31. The van der Waals surface area contributed by atoms with Crippen molar-refractivity contribution in [1.29, 1.82) is 0 Å². The number of amides is 1. The second-order valence-electron chi connectivity index (χ2n) is 7.68. The molecule has 0 spiro atoms. The fourth-order valence-electron chi connectivity index (χ4n) is 3.69. The van der Waals surface area contributed by atoms with Crippen molar-refractivity contribution in [3.63, 3.8) is 0 Å². The molecule has 0 saturated carbocycles. The lowest BCUT2D eigenvalue weighted by Crippen LogP contribution is -2.34. The van der Waals surface area contributed by atoms with Gasteiger partial charge in [0.25, 0.3) is 5.91 Å². The zero-order chi connectivity index (χ0) is 22.5. The summed E-state index contributed by atoms with van der Waals surface area (Å²) in [6, 6.07) is 20.9. The first kappa shape index (κ1) is 22.4. The predicted molar refractivity (Wildman–Crippen MR) is 129 cm³/mol. The van der Waals surface area contributed by atoms with Gasteiger partial charge in [0.05, 0.1) is 12.2 Å². The van der Waals surface area contributed by atoms with E-state index < -0.39 is 10.8 Å². The number of carbonyl (C=O) groups is 1. The van der Waals surface area contributed by atoms with Gasteiger partial charge in [0.15, 0.2) is 0 Å². The number of halogens is 1. The molecule has 1 heterocycles. The minimum absolute atomic E-state index is 0.157. The Hall–Kier alpha value is -2.83. The molecule has 3 aromatic rings. The molecule has 0 aliphatic carbocycles. The summed E-state index contributed by atoms with van der Waals surface area (Å²) in [5.74, 6) is 0.570. The van der Waals surface area contributed by atoms with E-state index in [0.717, 1.165) is 46.4 Å². The number of nitrogens with zero attached hydrogens (tertiary/aromatic N) is 1. The lowest BCUT2D eigenvalue weighted by molar-refractivity contribution is 0.0950. The van der Waals surface area contributed by atoms with Crippen LogP contribution in [0.25, 0.3) is 0 Å². The fourth-order valence-corrected chi connectivity index (χ4v) is 4.42. The van der Waals surface area contributed by atoms with Gasteiger partial charge < -0.3 is 15.0 Å². The number of benzene rings is 3. The van der Waals surface area contributed by atoms with E-state index in [2.05, 4.69) is 16.3 Å². The van der Waals surface area contributed by atoms with Crippen LogP contribution < -0.4 is 15.0 Å². The predicted octanol–water partition coefficient (Wildman–Crippen LogP) is 4.45. The van der Waals surface area contributed by atoms with Gasteiger partial charge in [-0.05, 0) is 60.0 Å². The Morgan fingerprint density at radius 3 is 2.66 bits per heavy atom. The summed E-state index contributed by atoms with van der Waals surface area (Å²) in [4.78, 5) is 15.7. The maximum atomic E-state index is 12.7. The topological polar surface area (TPSA) is 58.6 Å². The smallest absolute Gasteiger partial charge is 0.251 e. The van der Waals surface area contributed by atoms with Crippen molar-refractivity contribution in [2.75, 3.05) is 30.9 Å². The summed E-state index contributed by atoms with van der Waals surface area (Å²) >= 11 is 6.09. The Labute approximate surface area is 195 Å². The molecule has 0 saturated heterocycles. The SMILES string of the molecule is CS(=O)c1ccc(CNC(=O)c2ccc3c(c2)OCCN3CCc2cccc(Cl)c2)cc1. The van der Waals surface area contributed by atoms with E-state index in [0.29, 0.717) is 18.7 Å². The monoisotopic (exact) mass is 468 g/mol. The molecule has 0 fully saturated rings. The summed E-state index contributed by atoms with van der Waals surface area (Å²) in [6.07, 6.45) is 2.53. The number of rotatable bonds is 7. The van der Waals surface area contributed by atoms with Crippen LogP contribution >= 0.6 is 11.6 Å². The van der Waals surface area contributed by atoms with Crippen molar-refractivity contribution < 1.29 is 13.7 Å². The summed E-state index contributed by atoms with van der Waals surface area (Å²) in [5.41, 5.74) is 3.71. The lowest BCUT2D eigenvalue weighted by atomic mass is 10.1. The Balaban J connectivity index is 1.39. The van der Waals surface area contributed by atoms with Crippen LogP contribution in [0.1, 0.15) is 21.5 Å². The minimum atomic E-state index is -1.01. The molecule has 4 rings (SSSR count). The van der Waals surface area contributed by atoms with Crippen LogP contribution in [0.2, 0.25) is 5.02 Å². The minimum Gasteiger partial charge on any atom is -0.490 e. The van der Waals surface area contributed by atoms with E-state index >= 15 is 0 Å². The Bertz CT molecular complexity index is 1130. The molecule has 0 radical (unpaired) electrons. The molecule has 7 heteroatoms. The van der Waals surface area contributed by atoms with E-state index in [9.17, 15) is 9.00 Å². The highest BCUT2D eigenvalue weighted by Crippen LogP contribution is 2.32. The number of fused-ring (bicyclic) bond motifs is 1. The maximum absolute atomic E-state index is 12.7. The van der Waals surface area contributed by atoms with Crippen molar-refractivity contribution in [1.82, 2.24) is 5.32 Å². The molecule has 1 N–H and O–H groups in total. The highest BCUT2D eigenvalue weighted by Gasteiger charge is 2.20. The summed E-state index contributed by atoms with van der Waals surface area (Å²) in [7, 11) is -1.01. The van der Waals surface area contributed by atoms with Crippen LogP contribution in [0.4, 0.5) is 5.69 Å². The van der Waals surface area contributed by atoms with Gasteiger partial charge in [-0.3, -0.25) is 9.00 Å². The molecule has 0 bridgehead atoms. The van der Waals surface area contributed by atoms with Gasteiger partial charge in [0, 0.05) is 45.6 Å². The molecule has 3 aromatic carbocycles. The third-order valence-electron chi connectivity index (χ3n) is 5.45. The number of hydrogen-bond donors (Lipinski definition) is 1. The number of hydrogen-bond acceptors (Lipinski definition) is 4. The van der Waals surface area contributed by atoms with Gasteiger partial charge in [-0.1, -0.05) is 35.9 Å². The Morgan fingerprint density at radius 1 is 1.09 bits per heavy atom. The molecule has 1 aliphatic rings. The number of nitrogens with one attached hydrogen (secondary N) is 1. The average molecular weight is 469 g/mol. The fraction of sp³-hybridized carbons (Fsp3) is 0.240. The summed E-state index contributed by atoms with van der Waals surface area (Å²) in [6.45, 7) is 2.64. The molecule has 1 unspecified atom stereocenters. The van der Waals surface area contributed by atoms with E-state index in [1.54, 1.807) is 12.3 Å². The first-order valence-electron chi connectivity index (χ1n) is 10.5.